The summed E-state index contributed by atoms with van der Waals surface area (Å²) in [5.74, 6) is -0.850. The van der Waals surface area contributed by atoms with E-state index < -0.39 is 5.78 Å². The molecular formula is C24H18O4. The number of benzene rings is 3. The van der Waals surface area contributed by atoms with Crippen molar-refractivity contribution in [1.29, 1.82) is 0 Å². The van der Waals surface area contributed by atoms with Crippen LogP contribution in [0.25, 0.3) is 0 Å². The van der Waals surface area contributed by atoms with E-state index in [1.165, 1.54) is 12.1 Å². The van der Waals surface area contributed by atoms with Crippen molar-refractivity contribution in [3.63, 3.8) is 0 Å². The number of aldehydes is 2. The molecular weight excluding hydrogens is 352 g/mol. The van der Waals surface area contributed by atoms with Gasteiger partial charge in [-0.3, -0.25) is 19.2 Å². The lowest BCUT2D eigenvalue weighted by Crippen LogP contribution is -2.15. The molecule has 4 nitrogen and oxygen atoms in total. The summed E-state index contributed by atoms with van der Waals surface area (Å²) in [6, 6.07) is 16.6. The molecule has 0 atom stereocenters. The molecule has 3 aromatic rings. The summed E-state index contributed by atoms with van der Waals surface area (Å²) in [7, 11) is 0. The molecule has 138 valence electrons. The first-order valence-corrected chi connectivity index (χ1v) is 8.76. The lowest BCUT2D eigenvalue weighted by Gasteiger charge is -2.13. The van der Waals surface area contributed by atoms with E-state index in [2.05, 4.69) is 0 Å². The Morgan fingerprint density at radius 2 is 1.14 bits per heavy atom. The van der Waals surface area contributed by atoms with Crippen LogP contribution in [0, 0.1) is 13.8 Å². The zero-order chi connectivity index (χ0) is 20.3. The predicted octanol–water partition coefficient (Wildman–Crippen LogP) is 4.39. The van der Waals surface area contributed by atoms with E-state index >= 15 is 0 Å². The van der Waals surface area contributed by atoms with Gasteiger partial charge in [-0.05, 0) is 19.9 Å². The summed E-state index contributed by atoms with van der Waals surface area (Å²) in [5, 5.41) is 0. The summed E-state index contributed by atoms with van der Waals surface area (Å²) in [4.78, 5) is 49.4. The molecule has 0 unspecified atom stereocenters. The van der Waals surface area contributed by atoms with Crippen LogP contribution in [0.15, 0.2) is 60.7 Å². The maximum absolute atomic E-state index is 13.2. The monoisotopic (exact) mass is 370 g/mol. The van der Waals surface area contributed by atoms with Crippen molar-refractivity contribution in [3.8, 4) is 0 Å². The van der Waals surface area contributed by atoms with Gasteiger partial charge in [0.1, 0.15) is 0 Å². The Bertz CT molecular complexity index is 1070. The molecule has 0 saturated heterocycles. The average molecular weight is 370 g/mol. The molecule has 4 heteroatoms. The molecule has 3 rings (SSSR count). The first kappa shape index (κ1) is 19.1. The van der Waals surface area contributed by atoms with Crippen LogP contribution in [0.3, 0.4) is 0 Å². The third-order valence-corrected chi connectivity index (χ3v) is 4.62. The summed E-state index contributed by atoms with van der Waals surface area (Å²) in [5.41, 5.74) is 2.77. The van der Waals surface area contributed by atoms with Crippen LogP contribution in [-0.2, 0) is 0 Å². The van der Waals surface area contributed by atoms with Crippen molar-refractivity contribution < 1.29 is 19.2 Å². The van der Waals surface area contributed by atoms with Crippen LogP contribution in [-0.4, -0.2) is 24.1 Å². The fourth-order valence-electron chi connectivity index (χ4n) is 3.01. The van der Waals surface area contributed by atoms with Gasteiger partial charge in [0.2, 0.25) is 0 Å². The van der Waals surface area contributed by atoms with E-state index in [1.807, 2.05) is 13.8 Å². The molecule has 28 heavy (non-hydrogen) atoms. The van der Waals surface area contributed by atoms with Gasteiger partial charge in [0, 0.05) is 33.4 Å². The Hall–Kier alpha value is -3.66. The predicted molar refractivity (Wildman–Crippen MR) is 106 cm³/mol. The first-order valence-electron chi connectivity index (χ1n) is 8.76. The van der Waals surface area contributed by atoms with Gasteiger partial charge in [-0.2, -0.15) is 0 Å². The van der Waals surface area contributed by atoms with E-state index in [0.29, 0.717) is 23.7 Å². The van der Waals surface area contributed by atoms with Gasteiger partial charge in [0.15, 0.2) is 24.1 Å². The second kappa shape index (κ2) is 7.92. The summed E-state index contributed by atoms with van der Waals surface area (Å²) in [6.07, 6.45) is 0.965. The smallest absolute Gasteiger partial charge is 0.194 e. The zero-order valence-electron chi connectivity index (χ0n) is 15.6. The van der Waals surface area contributed by atoms with Crippen molar-refractivity contribution in [2.45, 2.75) is 13.8 Å². The average Bonchev–Trinajstić information content (AvgIpc) is 2.72. The third-order valence-electron chi connectivity index (χ3n) is 4.62. The van der Waals surface area contributed by atoms with Crippen LogP contribution in [0.4, 0.5) is 0 Å². The van der Waals surface area contributed by atoms with Gasteiger partial charge >= 0.3 is 0 Å². The molecule has 0 N–H and O–H groups in total. The highest BCUT2D eigenvalue weighted by Gasteiger charge is 2.25. The SMILES string of the molecule is Cc1ccc(C(=O)c2ccc(C=O)c(C=O)c2C(=O)c2ccc(C)cc2)cc1. The molecule has 0 aliphatic heterocycles. The van der Waals surface area contributed by atoms with E-state index in [1.54, 1.807) is 48.5 Å². The molecule has 0 spiro atoms. The molecule has 3 aromatic carbocycles. The largest absolute Gasteiger partial charge is 0.298 e. The van der Waals surface area contributed by atoms with Crippen LogP contribution in [0.5, 0.6) is 0 Å². The molecule has 0 saturated carbocycles. The summed E-state index contributed by atoms with van der Waals surface area (Å²) < 4.78 is 0. The first-order chi connectivity index (χ1) is 13.5. The highest BCUT2D eigenvalue weighted by atomic mass is 16.1. The fraction of sp³-hybridized carbons (Fsp3) is 0.0833. The third kappa shape index (κ3) is 3.58. The van der Waals surface area contributed by atoms with Crippen molar-refractivity contribution in [1.82, 2.24) is 0 Å². The Labute approximate surface area is 162 Å². The zero-order valence-corrected chi connectivity index (χ0v) is 15.6. The minimum absolute atomic E-state index is 0.0472. The Balaban J connectivity index is 2.22. The second-order valence-electron chi connectivity index (χ2n) is 6.62. The highest BCUT2D eigenvalue weighted by Crippen LogP contribution is 2.24. The quantitative estimate of drug-likeness (QED) is 0.477. The normalized spacial score (nSPS) is 10.4. The number of hydrogen-bond acceptors (Lipinski definition) is 4. The van der Waals surface area contributed by atoms with Gasteiger partial charge in [0.25, 0.3) is 0 Å². The van der Waals surface area contributed by atoms with Crippen LogP contribution in [0.2, 0.25) is 0 Å². The minimum atomic E-state index is -0.471. The van der Waals surface area contributed by atoms with Crippen LogP contribution in [0.1, 0.15) is 63.7 Å². The summed E-state index contributed by atoms with van der Waals surface area (Å²) in [6.45, 7) is 3.80. The van der Waals surface area contributed by atoms with E-state index in [9.17, 15) is 19.2 Å². The molecule has 0 heterocycles. The number of ketones is 2. The minimum Gasteiger partial charge on any atom is -0.298 e. The summed E-state index contributed by atoms with van der Waals surface area (Å²) >= 11 is 0. The van der Waals surface area contributed by atoms with E-state index in [4.69, 9.17) is 0 Å². The van der Waals surface area contributed by atoms with Crippen molar-refractivity contribution in [2.24, 2.45) is 0 Å². The molecule has 0 aliphatic carbocycles. The van der Waals surface area contributed by atoms with Gasteiger partial charge < -0.3 is 0 Å². The lowest BCUT2D eigenvalue weighted by atomic mass is 9.87. The number of rotatable bonds is 6. The number of hydrogen-bond donors (Lipinski definition) is 0. The van der Waals surface area contributed by atoms with Crippen molar-refractivity contribution in [3.05, 3.63) is 105 Å². The van der Waals surface area contributed by atoms with Crippen molar-refractivity contribution in [2.75, 3.05) is 0 Å². The molecule has 0 aromatic heterocycles. The van der Waals surface area contributed by atoms with E-state index in [0.717, 1.165) is 11.1 Å². The van der Waals surface area contributed by atoms with Gasteiger partial charge in [-0.25, -0.2) is 0 Å². The Morgan fingerprint density at radius 3 is 1.61 bits per heavy atom. The molecule has 0 amide bonds. The van der Waals surface area contributed by atoms with Crippen LogP contribution >= 0.6 is 0 Å². The molecule has 0 radical (unpaired) electrons. The number of aryl methyl sites for hydroxylation is 2. The maximum atomic E-state index is 13.2. The fourth-order valence-corrected chi connectivity index (χ4v) is 3.01. The standard InChI is InChI=1S/C24H18O4/c1-15-3-7-17(8-4-15)23(27)20-12-11-19(13-25)21(14-26)22(20)24(28)18-9-5-16(2)6-10-18/h3-14H,1-2H3. The van der Waals surface area contributed by atoms with Gasteiger partial charge in [-0.15, -0.1) is 0 Å². The van der Waals surface area contributed by atoms with Crippen molar-refractivity contribution >= 4 is 24.1 Å². The lowest BCUT2D eigenvalue weighted by molar-refractivity contribution is 0.0998. The molecule has 0 fully saturated rings. The topological polar surface area (TPSA) is 68.3 Å². The number of carbonyl (C=O) groups excluding carboxylic acids is 4. The van der Waals surface area contributed by atoms with Crippen LogP contribution < -0.4 is 0 Å². The molecule has 0 aliphatic rings. The van der Waals surface area contributed by atoms with E-state index in [-0.39, 0.29) is 28.0 Å². The number of carbonyl (C=O) groups is 4. The second-order valence-corrected chi connectivity index (χ2v) is 6.62. The van der Waals surface area contributed by atoms with Gasteiger partial charge in [-0.1, -0.05) is 65.7 Å². The highest BCUT2D eigenvalue weighted by molar-refractivity contribution is 6.23. The molecule has 0 bridgehead atoms. The Kier molecular flexibility index (Phi) is 5.41. The van der Waals surface area contributed by atoms with Gasteiger partial charge in [0.05, 0.1) is 0 Å². The Morgan fingerprint density at radius 1 is 0.643 bits per heavy atom. The maximum Gasteiger partial charge on any atom is 0.194 e.